The van der Waals surface area contributed by atoms with Crippen LogP contribution in [0.15, 0.2) is 20.0 Å². The van der Waals surface area contributed by atoms with Crippen LogP contribution in [0.1, 0.15) is 26.0 Å². The Bertz CT molecular complexity index is 456. The second-order valence-electron chi connectivity index (χ2n) is 3.53. The molecule has 7 heteroatoms. The highest BCUT2D eigenvalue weighted by Crippen LogP contribution is 2.25. The van der Waals surface area contributed by atoms with Crippen LogP contribution < -0.4 is 10.0 Å². The molecule has 0 spiro atoms. The summed E-state index contributed by atoms with van der Waals surface area (Å²) in [5.74, 6) is 0.593. The van der Waals surface area contributed by atoms with Gasteiger partial charge in [-0.3, -0.25) is 0 Å². The Kier molecular flexibility index (Phi) is 5.64. The molecule has 0 aliphatic heterocycles. The fourth-order valence-electron chi connectivity index (χ4n) is 1.23. The maximum absolute atomic E-state index is 11.9. The number of sulfonamides is 1. The van der Waals surface area contributed by atoms with E-state index in [1.54, 1.807) is 0 Å². The van der Waals surface area contributed by atoms with E-state index < -0.39 is 10.0 Å². The lowest BCUT2D eigenvalue weighted by Gasteiger charge is -2.02. The lowest BCUT2D eigenvalue weighted by atomic mass is 10.4. The summed E-state index contributed by atoms with van der Waals surface area (Å²) in [5.41, 5.74) is 0. The molecule has 0 amide bonds. The average molecular weight is 325 g/mol. The predicted octanol–water partition coefficient (Wildman–Crippen LogP) is 1.84. The van der Waals surface area contributed by atoms with Gasteiger partial charge in [0.15, 0.2) is 4.67 Å². The zero-order chi connectivity index (χ0) is 12.9. The Hall–Kier alpha value is -0.370. The van der Waals surface area contributed by atoms with Gasteiger partial charge in [-0.25, -0.2) is 13.1 Å². The highest BCUT2D eigenvalue weighted by Gasteiger charge is 2.21. The molecule has 98 valence electrons. The maximum atomic E-state index is 11.9. The lowest BCUT2D eigenvalue weighted by molar-refractivity contribution is 0.464. The topological polar surface area (TPSA) is 71.3 Å². The van der Waals surface area contributed by atoms with Crippen molar-refractivity contribution in [1.29, 1.82) is 0 Å². The molecule has 0 bridgehead atoms. The maximum Gasteiger partial charge on any atom is 0.244 e. The van der Waals surface area contributed by atoms with Gasteiger partial charge < -0.3 is 9.73 Å². The number of furan rings is 1. The Balaban J connectivity index is 2.86. The minimum atomic E-state index is -3.48. The van der Waals surface area contributed by atoms with Crippen LogP contribution in [-0.4, -0.2) is 21.5 Å². The van der Waals surface area contributed by atoms with Gasteiger partial charge in [0.2, 0.25) is 10.0 Å². The minimum Gasteiger partial charge on any atom is -0.452 e. The van der Waals surface area contributed by atoms with E-state index >= 15 is 0 Å². The fraction of sp³-hybridized carbons (Fsp3) is 0.600. The molecule has 17 heavy (non-hydrogen) atoms. The molecule has 2 N–H and O–H groups in total. The molecule has 0 saturated carbocycles. The molecule has 1 rings (SSSR count). The van der Waals surface area contributed by atoms with Gasteiger partial charge in [-0.1, -0.05) is 13.8 Å². The Morgan fingerprint density at radius 1 is 1.41 bits per heavy atom. The first-order valence-electron chi connectivity index (χ1n) is 5.49. The number of rotatable bonds is 7. The average Bonchev–Trinajstić information content (AvgIpc) is 2.66. The smallest absolute Gasteiger partial charge is 0.244 e. The Labute approximate surface area is 110 Å². The zero-order valence-corrected chi connectivity index (χ0v) is 12.3. The number of hydrogen-bond acceptors (Lipinski definition) is 4. The van der Waals surface area contributed by atoms with Crippen molar-refractivity contribution in [2.24, 2.45) is 0 Å². The van der Waals surface area contributed by atoms with Crippen molar-refractivity contribution in [2.45, 2.75) is 31.7 Å². The SMILES string of the molecule is CCCNS(=O)(=O)c1cc(CNCC)oc1Br. The molecule has 0 aliphatic rings. The summed E-state index contributed by atoms with van der Waals surface area (Å²) in [7, 11) is -3.48. The molecule has 1 aromatic rings. The Morgan fingerprint density at radius 2 is 2.12 bits per heavy atom. The lowest BCUT2D eigenvalue weighted by Crippen LogP contribution is -2.24. The van der Waals surface area contributed by atoms with Gasteiger partial charge in [0.05, 0.1) is 6.54 Å². The van der Waals surface area contributed by atoms with Crippen LogP contribution in [0, 0.1) is 0 Å². The number of nitrogens with one attached hydrogen (secondary N) is 2. The third-order valence-electron chi connectivity index (χ3n) is 2.09. The predicted molar refractivity (Wildman–Crippen MR) is 69.3 cm³/mol. The summed E-state index contributed by atoms with van der Waals surface area (Å²) in [6.45, 7) is 5.61. The van der Waals surface area contributed by atoms with Crippen molar-refractivity contribution >= 4 is 26.0 Å². The van der Waals surface area contributed by atoms with Gasteiger partial charge in [0.25, 0.3) is 0 Å². The molecule has 0 atom stereocenters. The van der Waals surface area contributed by atoms with E-state index in [-0.39, 0.29) is 9.56 Å². The first kappa shape index (κ1) is 14.7. The van der Waals surface area contributed by atoms with Gasteiger partial charge >= 0.3 is 0 Å². The third kappa shape index (κ3) is 4.09. The number of halogens is 1. The first-order valence-corrected chi connectivity index (χ1v) is 7.77. The van der Waals surface area contributed by atoms with E-state index in [2.05, 4.69) is 26.0 Å². The highest BCUT2D eigenvalue weighted by atomic mass is 79.9. The van der Waals surface area contributed by atoms with Gasteiger partial charge in [0.1, 0.15) is 10.7 Å². The van der Waals surface area contributed by atoms with Crippen molar-refractivity contribution < 1.29 is 12.8 Å². The summed E-state index contributed by atoms with van der Waals surface area (Å²) in [6, 6.07) is 1.53. The van der Waals surface area contributed by atoms with Gasteiger partial charge in [0, 0.05) is 12.6 Å². The summed E-state index contributed by atoms with van der Waals surface area (Å²) >= 11 is 3.12. The van der Waals surface area contributed by atoms with Crippen molar-refractivity contribution in [3.63, 3.8) is 0 Å². The van der Waals surface area contributed by atoms with E-state index in [1.807, 2.05) is 13.8 Å². The van der Waals surface area contributed by atoms with E-state index in [0.717, 1.165) is 13.0 Å². The molecular weight excluding hydrogens is 308 g/mol. The quantitative estimate of drug-likeness (QED) is 0.802. The van der Waals surface area contributed by atoms with E-state index in [1.165, 1.54) is 6.07 Å². The molecule has 1 heterocycles. The summed E-state index contributed by atoms with van der Waals surface area (Å²) in [6.07, 6.45) is 0.749. The fourth-order valence-corrected chi connectivity index (χ4v) is 3.36. The van der Waals surface area contributed by atoms with Crippen LogP contribution in [0.4, 0.5) is 0 Å². The van der Waals surface area contributed by atoms with E-state index in [0.29, 0.717) is 18.8 Å². The van der Waals surface area contributed by atoms with Crippen LogP contribution in [0.3, 0.4) is 0 Å². The van der Waals surface area contributed by atoms with Crippen molar-refractivity contribution in [1.82, 2.24) is 10.0 Å². The Morgan fingerprint density at radius 3 is 2.71 bits per heavy atom. The van der Waals surface area contributed by atoms with Crippen molar-refractivity contribution in [3.05, 3.63) is 16.5 Å². The van der Waals surface area contributed by atoms with Crippen LogP contribution >= 0.6 is 15.9 Å². The molecule has 0 fully saturated rings. The van der Waals surface area contributed by atoms with Crippen molar-refractivity contribution in [3.8, 4) is 0 Å². The largest absolute Gasteiger partial charge is 0.452 e. The van der Waals surface area contributed by atoms with Crippen LogP contribution in [0.5, 0.6) is 0 Å². The molecule has 0 aromatic carbocycles. The summed E-state index contributed by atoms with van der Waals surface area (Å²) in [4.78, 5) is 0.152. The molecule has 0 unspecified atom stereocenters. The third-order valence-corrected chi connectivity index (χ3v) is 4.41. The number of hydrogen-bond donors (Lipinski definition) is 2. The van der Waals surface area contributed by atoms with Gasteiger partial charge in [-0.15, -0.1) is 0 Å². The van der Waals surface area contributed by atoms with Crippen LogP contribution in [-0.2, 0) is 16.6 Å². The van der Waals surface area contributed by atoms with Crippen LogP contribution in [0.2, 0.25) is 0 Å². The summed E-state index contributed by atoms with van der Waals surface area (Å²) in [5, 5.41) is 3.07. The molecule has 0 radical (unpaired) electrons. The van der Waals surface area contributed by atoms with E-state index in [9.17, 15) is 8.42 Å². The first-order chi connectivity index (χ1) is 8.01. The zero-order valence-electron chi connectivity index (χ0n) is 9.92. The molecular formula is C10H17BrN2O3S. The van der Waals surface area contributed by atoms with E-state index in [4.69, 9.17) is 4.42 Å². The minimum absolute atomic E-state index is 0.152. The normalized spacial score (nSPS) is 11.9. The highest BCUT2D eigenvalue weighted by molar-refractivity contribution is 9.10. The van der Waals surface area contributed by atoms with Crippen LogP contribution in [0.25, 0.3) is 0 Å². The standard InChI is InChI=1S/C10H17BrN2O3S/c1-3-5-13-17(14,15)9-6-8(7-12-4-2)16-10(9)11/h6,12-13H,3-5,7H2,1-2H3. The van der Waals surface area contributed by atoms with Gasteiger partial charge in [-0.05, 0) is 28.9 Å². The molecule has 5 nitrogen and oxygen atoms in total. The second kappa shape index (κ2) is 6.53. The monoisotopic (exact) mass is 324 g/mol. The summed E-state index contributed by atoms with van der Waals surface area (Å²) < 4.78 is 31.8. The molecule has 0 saturated heterocycles. The second-order valence-corrected chi connectivity index (χ2v) is 5.98. The molecule has 0 aliphatic carbocycles. The van der Waals surface area contributed by atoms with Crippen molar-refractivity contribution in [2.75, 3.05) is 13.1 Å². The molecule has 1 aromatic heterocycles. The van der Waals surface area contributed by atoms with Gasteiger partial charge in [-0.2, -0.15) is 0 Å².